The Morgan fingerprint density at radius 3 is 2.50 bits per heavy atom. The molecule has 0 aliphatic heterocycles. The number of hydrogen-bond donors (Lipinski definition) is 2. The highest BCUT2D eigenvalue weighted by molar-refractivity contribution is 5.94. The Balaban J connectivity index is 3.25. The number of nitrogens with two attached hydrogens (primary N) is 1. The van der Waals surface area contributed by atoms with Crippen LogP contribution in [0.2, 0.25) is 0 Å². The second-order valence-corrected chi connectivity index (χ2v) is 1.81. The molecule has 0 aliphatic rings. The summed E-state index contributed by atoms with van der Waals surface area (Å²) in [6, 6.07) is 0. The van der Waals surface area contributed by atoms with Gasteiger partial charge in [-0.3, -0.25) is 9.59 Å². The molecule has 0 unspecified atom stereocenters. The van der Waals surface area contributed by atoms with Gasteiger partial charge in [-0.1, -0.05) is 0 Å². The average molecular weight is 138 g/mol. The van der Waals surface area contributed by atoms with Crippen molar-refractivity contribution in [2.45, 2.75) is 0 Å². The van der Waals surface area contributed by atoms with E-state index in [1.807, 2.05) is 0 Å². The summed E-state index contributed by atoms with van der Waals surface area (Å²) in [5.74, 6) is 0.233. The molecule has 4 heteroatoms. The number of carbonyl (C=O) groups excluding carboxylic acids is 2. The quantitative estimate of drug-likeness (QED) is 0.574. The Kier molecular flexibility index (Phi) is 1.53. The van der Waals surface area contributed by atoms with Crippen molar-refractivity contribution in [2.75, 3.05) is 5.73 Å². The Bertz CT molecular complexity index is 265. The molecule has 1 aromatic heterocycles. The van der Waals surface area contributed by atoms with Gasteiger partial charge in [0, 0.05) is 11.8 Å². The van der Waals surface area contributed by atoms with E-state index in [9.17, 15) is 9.59 Å². The smallest absolute Gasteiger partial charge is 0.154 e. The highest BCUT2D eigenvalue weighted by atomic mass is 16.1. The van der Waals surface area contributed by atoms with Crippen LogP contribution >= 0.6 is 0 Å². The van der Waals surface area contributed by atoms with Gasteiger partial charge in [0.2, 0.25) is 0 Å². The molecule has 0 aromatic carbocycles. The molecule has 10 heavy (non-hydrogen) atoms. The molecule has 4 nitrogen and oxygen atoms in total. The van der Waals surface area contributed by atoms with Crippen LogP contribution in [0.4, 0.5) is 5.82 Å². The van der Waals surface area contributed by atoms with Crippen LogP contribution in [0.5, 0.6) is 0 Å². The van der Waals surface area contributed by atoms with Crippen LogP contribution in [0.1, 0.15) is 20.7 Å². The largest absolute Gasteiger partial charge is 0.385 e. The summed E-state index contributed by atoms with van der Waals surface area (Å²) in [6.45, 7) is 0. The lowest BCUT2D eigenvalue weighted by Crippen LogP contribution is -1.91. The third-order valence-corrected chi connectivity index (χ3v) is 1.23. The molecule has 0 spiro atoms. The van der Waals surface area contributed by atoms with Gasteiger partial charge < -0.3 is 10.7 Å². The fraction of sp³-hybridized carbons (Fsp3) is 0. The van der Waals surface area contributed by atoms with E-state index < -0.39 is 0 Å². The summed E-state index contributed by atoms with van der Waals surface area (Å²) in [5, 5.41) is 0. The number of carbonyl (C=O) groups is 2. The Morgan fingerprint density at radius 1 is 1.40 bits per heavy atom. The molecule has 0 fully saturated rings. The molecular weight excluding hydrogens is 132 g/mol. The fourth-order valence-corrected chi connectivity index (χ4v) is 0.696. The van der Waals surface area contributed by atoms with Gasteiger partial charge in [-0.25, -0.2) is 0 Å². The van der Waals surface area contributed by atoms with Gasteiger partial charge in [-0.05, 0) is 0 Å². The molecular formula is C6H6N2O2. The lowest BCUT2D eigenvalue weighted by Gasteiger charge is -1.85. The lowest BCUT2D eigenvalue weighted by atomic mass is 10.2. The van der Waals surface area contributed by atoms with Gasteiger partial charge >= 0.3 is 0 Å². The van der Waals surface area contributed by atoms with Crippen molar-refractivity contribution in [3.63, 3.8) is 0 Å². The summed E-state index contributed by atoms with van der Waals surface area (Å²) in [4.78, 5) is 22.9. The van der Waals surface area contributed by atoms with Crippen LogP contribution in [0.3, 0.4) is 0 Å². The molecule has 1 aromatic rings. The van der Waals surface area contributed by atoms with Gasteiger partial charge in [-0.2, -0.15) is 0 Å². The second kappa shape index (κ2) is 2.34. The van der Waals surface area contributed by atoms with Crippen molar-refractivity contribution in [2.24, 2.45) is 0 Å². The van der Waals surface area contributed by atoms with E-state index in [1.54, 1.807) is 0 Å². The van der Waals surface area contributed by atoms with Crippen LogP contribution in [-0.2, 0) is 0 Å². The van der Waals surface area contributed by atoms with Crippen LogP contribution in [-0.4, -0.2) is 17.6 Å². The fourth-order valence-electron chi connectivity index (χ4n) is 0.696. The number of H-pyrrole nitrogens is 1. The summed E-state index contributed by atoms with van der Waals surface area (Å²) in [6.07, 6.45) is 2.53. The molecule has 0 saturated heterocycles. The predicted molar refractivity (Wildman–Crippen MR) is 36.0 cm³/mol. The first-order valence-corrected chi connectivity index (χ1v) is 2.66. The molecule has 52 valence electrons. The molecule has 0 bridgehead atoms. The SMILES string of the molecule is Nc1[nH]cc(C=O)c1C=O. The number of aromatic amines is 1. The van der Waals surface area contributed by atoms with Crippen molar-refractivity contribution in [3.8, 4) is 0 Å². The predicted octanol–water partition coefficient (Wildman–Crippen LogP) is 0.222. The van der Waals surface area contributed by atoms with E-state index in [2.05, 4.69) is 4.98 Å². The summed E-state index contributed by atoms with van der Waals surface area (Å²) >= 11 is 0. The maximum atomic E-state index is 10.2. The number of aromatic nitrogens is 1. The number of nitrogen functional groups attached to an aromatic ring is 1. The Hall–Kier alpha value is -1.58. The normalized spacial score (nSPS) is 9.20. The van der Waals surface area contributed by atoms with Gasteiger partial charge in [0.1, 0.15) is 5.82 Å². The maximum absolute atomic E-state index is 10.2. The molecule has 0 radical (unpaired) electrons. The zero-order valence-electron chi connectivity index (χ0n) is 5.13. The summed E-state index contributed by atoms with van der Waals surface area (Å²) in [7, 11) is 0. The van der Waals surface area contributed by atoms with Gasteiger partial charge in [0.15, 0.2) is 12.6 Å². The van der Waals surface area contributed by atoms with E-state index in [4.69, 9.17) is 5.73 Å². The first-order valence-electron chi connectivity index (χ1n) is 2.66. The topological polar surface area (TPSA) is 76.0 Å². The number of hydrogen-bond acceptors (Lipinski definition) is 3. The van der Waals surface area contributed by atoms with E-state index in [1.165, 1.54) is 6.20 Å². The van der Waals surface area contributed by atoms with Crippen LogP contribution in [0.25, 0.3) is 0 Å². The third kappa shape index (κ3) is 0.793. The molecule has 0 amide bonds. The minimum Gasteiger partial charge on any atom is -0.385 e. The lowest BCUT2D eigenvalue weighted by molar-refractivity contribution is 0.109. The Morgan fingerprint density at radius 2 is 2.10 bits per heavy atom. The molecule has 0 aliphatic carbocycles. The molecule has 1 rings (SSSR count). The zero-order valence-corrected chi connectivity index (χ0v) is 5.13. The third-order valence-electron chi connectivity index (χ3n) is 1.23. The average Bonchev–Trinajstić information content (AvgIpc) is 2.30. The van der Waals surface area contributed by atoms with E-state index in [-0.39, 0.29) is 11.4 Å². The minimum atomic E-state index is 0.231. The van der Waals surface area contributed by atoms with Crippen LogP contribution in [0, 0.1) is 0 Å². The minimum absolute atomic E-state index is 0.231. The Labute approximate surface area is 57.0 Å². The molecule has 3 N–H and O–H groups in total. The molecule has 0 atom stereocenters. The number of rotatable bonds is 2. The number of anilines is 1. The molecule has 1 heterocycles. The van der Waals surface area contributed by atoms with Crippen molar-refractivity contribution in [3.05, 3.63) is 17.3 Å². The highest BCUT2D eigenvalue weighted by Crippen LogP contribution is 2.10. The van der Waals surface area contributed by atoms with Crippen molar-refractivity contribution >= 4 is 18.4 Å². The van der Waals surface area contributed by atoms with Gasteiger partial charge in [0.05, 0.1) is 5.56 Å². The van der Waals surface area contributed by atoms with Crippen molar-refractivity contribution < 1.29 is 9.59 Å². The monoisotopic (exact) mass is 138 g/mol. The highest BCUT2D eigenvalue weighted by Gasteiger charge is 2.05. The van der Waals surface area contributed by atoms with Crippen LogP contribution < -0.4 is 5.73 Å². The van der Waals surface area contributed by atoms with Crippen molar-refractivity contribution in [1.82, 2.24) is 4.98 Å². The van der Waals surface area contributed by atoms with Crippen molar-refractivity contribution in [1.29, 1.82) is 0 Å². The second-order valence-electron chi connectivity index (χ2n) is 1.81. The molecule has 0 saturated carbocycles. The number of aldehydes is 2. The summed E-state index contributed by atoms with van der Waals surface area (Å²) < 4.78 is 0. The van der Waals surface area contributed by atoms with E-state index in [0.717, 1.165) is 0 Å². The van der Waals surface area contributed by atoms with Gasteiger partial charge in [0.25, 0.3) is 0 Å². The standard InChI is InChI=1S/C6H6N2O2/c7-6-5(3-10)4(2-9)1-8-6/h1-3,8H,7H2. The van der Waals surface area contributed by atoms with Crippen LogP contribution in [0.15, 0.2) is 6.20 Å². The zero-order chi connectivity index (χ0) is 7.56. The maximum Gasteiger partial charge on any atom is 0.154 e. The first kappa shape index (κ1) is 6.54. The first-order chi connectivity index (χ1) is 4.79. The van der Waals surface area contributed by atoms with E-state index >= 15 is 0 Å². The summed E-state index contributed by atoms with van der Waals surface area (Å²) in [5.41, 5.74) is 5.81. The van der Waals surface area contributed by atoms with E-state index in [0.29, 0.717) is 18.1 Å². The number of nitrogens with one attached hydrogen (secondary N) is 1. The van der Waals surface area contributed by atoms with Gasteiger partial charge in [-0.15, -0.1) is 0 Å².